The van der Waals surface area contributed by atoms with E-state index >= 15 is 0 Å². The minimum atomic E-state index is -0.582. The van der Waals surface area contributed by atoms with E-state index in [1.165, 1.54) is 53.4 Å². The zero-order valence-electron chi connectivity index (χ0n) is 14.2. The largest absolute Gasteiger partial charge is 0.451 e. The van der Waals surface area contributed by atoms with Gasteiger partial charge in [-0.05, 0) is 48.5 Å². The average molecular weight is 370 g/mol. The van der Waals surface area contributed by atoms with Crippen molar-refractivity contribution >= 4 is 17.5 Å². The van der Waals surface area contributed by atoms with E-state index in [1.807, 2.05) is 0 Å². The zero-order valence-corrected chi connectivity index (χ0v) is 14.2. The van der Waals surface area contributed by atoms with Gasteiger partial charge >= 0.3 is 0 Å². The van der Waals surface area contributed by atoms with E-state index in [9.17, 15) is 18.4 Å². The number of nitrogens with two attached hydrogens (primary N) is 1. The summed E-state index contributed by atoms with van der Waals surface area (Å²) in [7, 11) is 0. The van der Waals surface area contributed by atoms with E-state index in [4.69, 9.17) is 10.2 Å². The van der Waals surface area contributed by atoms with E-state index in [1.54, 1.807) is 12.1 Å². The summed E-state index contributed by atoms with van der Waals surface area (Å²) in [6, 6.07) is 14.2. The Kier molecular flexibility index (Phi) is 5.30. The van der Waals surface area contributed by atoms with Crippen molar-refractivity contribution in [2.24, 2.45) is 5.73 Å². The molecule has 2 N–H and O–H groups in total. The summed E-state index contributed by atoms with van der Waals surface area (Å²) in [6.45, 7) is -0.00443. The van der Waals surface area contributed by atoms with E-state index in [0.29, 0.717) is 5.69 Å². The Balaban J connectivity index is 1.91. The molecule has 0 aliphatic heterocycles. The SMILES string of the molecule is NC(=O)CCN(C(=O)c1ccc(-c2ccccc2F)o1)c1ccc(F)cc1. The number of primary amides is 1. The second-order valence-electron chi connectivity index (χ2n) is 5.79. The fraction of sp³-hybridized carbons (Fsp3) is 0.100. The van der Waals surface area contributed by atoms with Crippen LogP contribution in [0, 0.1) is 11.6 Å². The molecule has 3 aromatic rings. The maximum Gasteiger partial charge on any atom is 0.294 e. The molecule has 0 unspecified atom stereocenters. The summed E-state index contributed by atoms with van der Waals surface area (Å²) < 4.78 is 32.6. The molecule has 1 heterocycles. The van der Waals surface area contributed by atoms with Crippen LogP contribution in [-0.2, 0) is 4.79 Å². The van der Waals surface area contributed by atoms with Crippen LogP contribution in [0.4, 0.5) is 14.5 Å². The number of hydrogen-bond acceptors (Lipinski definition) is 3. The van der Waals surface area contributed by atoms with E-state index in [0.717, 1.165) is 0 Å². The number of amides is 2. The highest BCUT2D eigenvalue weighted by atomic mass is 19.1. The van der Waals surface area contributed by atoms with Gasteiger partial charge in [-0.15, -0.1) is 0 Å². The molecule has 0 saturated heterocycles. The molecule has 7 heteroatoms. The van der Waals surface area contributed by atoms with E-state index in [2.05, 4.69) is 0 Å². The van der Waals surface area contributed by atoms with Gasteiger partial charge in [0, 0.05) is 18.7 Å². The van der Waals surface area contributed by atoms with Gasteiger partial charge < -0.3 is 15.1 Å². The molecule has 138 valence electrons. The number of furan rings is 1. The summed E-state index contributed by atoms with van der Waals surface area (Å²) in [5, 5.41) is 0. The van der Waals surface area contributed by atoms with Crippen molar-refractivity contribution in [3.05, 3.63) is 78.1 Å². The molecule has 0 atom stereocenters. The first-order chi connectivity index (χ1) is 13.0. The number of anilines is 1. The Hall–Kier alpha value is -3.48. The molecule has 0 radical (unpaired) electrons. The van der Waals surface area contributed by atoms with Crippen molar-refractivity contribution in [3.8, 4) is 11.3 Å². The Labute approximate surface area is 154 Å². The van der Waals surface area contributed by atoms with Gasteiger partial charge in [0.05, 0.1) is 5.56 Å². The quantitative estimate of drug-likeness (QED) is 0.718. The first-order valence-corrected chi connectivity index (χ1v) is 8.16. The standard InChI is InChI=1S/C20H16F2N2O3/c21-13-5-7-14(8-6-13)24(12-11-19(23)25)20(26)18-10-9-17(27-18)15-3-1-2-4-16(15)22/h1-10H,11-12H2,(H2,23,25). The Morgan fingerprint density at radius 1 is 0.963 bits per heavy atom. The van der Waals surface area contributed by atoms with Crippen LogP contribution < -0.4 is 10.6 Å². The Morgan fingerprint density at radius 3 is 2.33 bits per heavy atom. The smallest absolute Gasteiger partial charge is 0.294 e. The first kappa shape index (κ1) is 18.3. The highest BCUT2D eigenvalue weighted by molar-refractivity contribution is 6.04. The number of rotatable bonds is 6. The van der Waals surface area contributed by atoms with E-state index in [-0.39, 0.29) is 30.0 Å². The predicted octanol–water partition coefficient (Wildman–Crippen LogP) is 3.75. The lowest BCUT2D eigenvalue weighted by Crippen LogP contribution is -2.33. The average Bonchev–Trinajstić information content (AvgIpc) is 3.13. The molecular formula is C20H16F2N2O3. The van der Waals surface area contributed by atoms with Crippen LogP contribution >= 0.6 is 0 Å². The molecular weight excluding hydrogens is 354 g/mol. The van der Waals surface area contributed by atoms with Crippen molar-refractivity contribution in [1.82, 2.24) is 0 Å². The van der Waals surface area contributed by atoms with Gasteiger partial charge in [0.2, 0.25) is 5.91 Å². The number of carbonyl (C=O) groups excluding carboxylic acids is 2. The third-order valence-electron chi connectivity index (χ3n) is 3.92. The van der Waals surface area contributed by atoms with Gasteiger partial charge in [-0.1, -0.05) is 12.1 Å². The lowest BCUT2D eigenvalue weighted by molar-refractivity contribution is -0.117. The molecule has 2 amide bonds. The normalized spacial score (nSPS) is 10.6. The number of halogens is 2. The maximum absolute atomic E-state index is 13.9. The summed E-state index contributed by atoms with van der Waals surface area (Å²) in [4.78, 5) is 25.3. The van der Waals surface area contributed by atoms with Crippen LogP contribution in [0.3, 0.4) is 0 Å². The van der Waals surface area contributed by atoms with Gasteiger partial charge in [-0.2, -0.15) is 0 Å². The van der Waals surface area contributed by atoms with E-state index < -0.39 is 23.4 Å². The Bertz CT molecular complexity index is 967. The lowest BCUT2D eigenvalue weighted by atomic mass is 10.1. The fourth-order valence-electron chi connectivity index (χ4n) is 2.58. The molecule has 0 aliphatic carbocycles. The molecule has 0 saturated carbocycles. The summed E-state index contributed by atoms with van der Waals surface area (Å²) in [5.41, 5.74) is 5.78. The van der Waals surface area contributed by atoms with Crippen LogP contribution in [0.2, 0.25) is 0 Å². The third-order valence-corrected chi connectivity index (χ3v) is 3.92. The lowest BCUT2D eigenvalue weighted by Gasteiger charge is -2.21. The molecule has 0 fully saturated rings. The Morgan fingerprint density at radius 2 is 1.67 bits per heavy atom. The van der Waals surface area contributed by atoms with Crippen LogP contribution in [0.1, 0.15) is 17.0 Å². The molecule has 27 heavy (non-hydrogen) atoms. The van der Waals surface area contributed by atoms with Crippen molar-refractivity contribution < 1.29 is 22.8 Å². The number of nitrogens with zero attached hydrogens (tertiary/aromatic N) is 1. The second-order valence-corrected chi connectivity index (χ2v) is 5.79. The number of benzene rings is 2. The summed E-state index contributed by atoms with van der Waals surface area (Å²) in [6.07, 6.45) is -0.0794. The highest BCUT2D eigenvalue weighted by Crippen LogP contribution is 2.26. The highest BCUT2D eigenvalue weighted by Gasteiger charge is 2.22. The van der Waals surface area contributed by atoms with Crippen molar-refractivity contribution in [1.29, 1.82) is 0 Å². The minimum absolute atomic E-state index is 0.00443. The van der Waals surface area contributed by atoms with Gasteiger partial charge in [0.15, 0.2) is 5.76 Å². The third kappa shape index (κ3) is 4.20. The molecule has 2 aromatic carbocycles. The van der Waals surface area contributed by atoms with Crippen LogP contribution in [0.5, 0.6) is 0 Å². The zero-order chi connectivity index (χ0) is 19.4. The van der Waals surface area contributed by atoms with Crippen LogP contribution in [-0.4, -0.2) is 18.4 Å². The maximum atomic E-state index is 13.9. The summed E-state index contributed by atoms with van der Waals surface area (Å²) >= 11 is 0. The van der Waals surface area contributed by atoms with Crippen molar-refractivity contribution in [2.75, 3.05) is 11.4 Å². The molecule has 0 bridgehead atoms. The second kappa shape index (κ2) is 7.82. The number of carbonyl (C=O) groups is 2. The van der Waals surface area contributed by atoms with Gasteiger partial charge in [0.1, 0.15) is 17.4 Å². The van der Waals surface area contributed by atoms with Gasteiger partial charge in [-0.25, -0.2) is 8.78 Å². The fourth-order valence-corrected chi connectivity index (χ4v) is 2.58. The van der Waals surface area contributed by atoms with Crippen LogP contribution in [0.25, 0.3) is 11.3 Å². The van der Waals surface area contributed by atoms with Crippen molar-refractivity contribution in [3.63, 3.8) is 0 Å². The van der Waals surface area contributed by atoms with Crippen molar-refractivity contribution in [2.45, 2.75) is 6.42 Å². The van der Waals surface area contributed by atoms with Gasteiger partial charge in [-0.3, -0.25) is 9.59 Å². The molecule has 5 nitrogen and oxygen atoms in total. The molecule has 0 spiro atoms. The van der Waals surface area contributed by atoms with Crippen LogP contribution in [0.15, 0.2) is 65.1 Å². The number of hydrogen-bond donors (Lipinski definition) is 1. The topological polar surface area (TPSA) is 76.5 Å². The molecule has 3 rings (SSSR count). The predicted molar refractivity (Wildman–Crippen MR) is 96.0 cm³/mol. The minimum Gasteiger partial charge on any atom is -0.451 e. The summed E-state index contributed by atoms with van der Waals surface area (Å²) in [5.74, 6) is -1.91. The monoisotopic (exact) mass is 370 g/mol. The van der Waals surface area contributed by atoms with Gasteiger partial charge in [0.25, 0.3) is 5.91 Å². The molecule has 1 aromatic heterocycles. The first-order valence-electron chi connectivity index (χ1n) is 8.16. The molecule has 0 aliphatic rings.